The van der Waals surface area contributed by atoms with Crippen LogP contribution in [0.5, 0.6) is 0 Å². The molecule has 6 heteroatoms. The van der Waals surface area contributed by atoms with E-state index >= 15 is 0 Å². The van der Waals surface area contributed by atoms with E-state index in [4.69, 9.17) is 13.9 Å². The van der Waals surface area contributed by atoms with Gasteiger partial charge in [0.2, 0.25) is 0 Å². The van der Waals surface area contributed by atoms with Crippen molar-refractivity contribution in [3.63, 3.8) is 0 Å². The molecule has 0 fully saturated rings. The van der Waals surface area contributed by atoms with Gasteiger partial charge in [-0.2, -0.15) is 0 Å². The highest BCUT2D eigenvalue weighted by Gasteiger charge is 2.09. The smallest absolute Gasteiger partial charge is 0.306 e. The molecule has 1 aromatic heterocycles. The van der Waals surface area contributed by atoms with Crippen LogP contribution in [-0.4, -0.2) is 11.9 Å². The van der Waals surface area contributed by atoms with Crippen LogP contribution in [0.2, 0.25) is 0 Å². The molecule has 0 bridgehead atoms. The number of ether oxygens (including phenoxy) is 2. The van der Waals surface area contributed by atoms with Gasteiger partial charge >= 0.3 is 11.9 Å². The molecule has 0 unspecified atom stereocenters. The van der Waals surface area contributed by atoms with Gasteiger partial charge in [0.1, 0.15) is 24.7 Å². The number of rotatable bonds is 12. The molecule has 1 aromatic rings. The Kier molecular flexibility index (Phi) is 10.3. The normalized spacial score (nSPS) is 10.5. The van der Waals surface area contributed by atoms with Crippen molar-refractivity contribution in [2.75, 3.05) is 0 Å². The second-order valence-electron chi connectivity index (χ2n) is 5.96. The Bertz CT molecular complexity index is 543. The van der Waals surface area contributed by atoms with E-state index in [0.717, 1.165) is 38.5 Å². The van der Waals surface area contributed by atoms with Crippen molar-refractivity contribution >= 4 is 11.9 Å². The van der Waals surface area contributed by atoms with Gasteiger partial charge in [-0.15, -0.1) is 0 Å². The second-order valence-corrected chi connectivity index (χ2v) is 5.96. The highest BCUT2D eigenvalue weighted by molar-refractivity contribution is 5.69. The Morgan fingerprint density at radius 2 is 1.28 bits per heavy atom. The maximum absolute atomic E-state index is 11.7. The first-order valence-electron chi connectivity index (χ1n) is 8.99. The van der Waals surface area contributed by atoms with Crippen LogP contribution < -0.4 is 5.43 Å². The minimum absolute atomic E-state index is 0.0987. The molecular weight excluding hydrogens is 324 g/mol. The van der Waals surface area contributed by atoms with Gasteiger partial charge in [-0.1, -0.05) is 39.5 Å². The summed E-state index contributed by atoms with van der Waals surface area (Å²) < 4.78 is 15.6. The Hall–Kier alpha value is -2.11. The molecule has 0 saturated heterocycles. The maximum Gasteiger partial charge on any atom is 0.306 e. The molecular formula is C19H28O6. The Morgan fingerprint density at radius 1 is 0.840 bits per heavy atom. The molecule has 25 heavy (non-hydrogen) atoms. The number of hydrogen-bond donors (Lipinski definition) is 0. The topological polar surface area (TPSA) is 82.8 Å². The molecule has 0 N–H and O–H groups in total. The van der Waals surface area contributed by atoms with Gasteiger partial charge in [0.15, 0.2) is 5.43 Å². The fourth-order valence-electron chi connectivity index (χ4n) is 2.21. The van der Waals surface area contributed by atoms with Gasteiger partial charge in [0.05, 0.1) is 0 Å². The summed E-state index contributed by atoms with van der Waals surface area (Å²) in [6.45, 7) is 3.92. The molecule has 0 saturated carbocycles. The first-order valence-corrected chi connectivity index (χ1v) is 8.99. The monoisotopic (exact) mass is 352 g/mol. The molecule has 0 amide bonds. The lowest BCUT2D eigenvalue weighted by Crippen LogP contribution is -2.10. The Morgan fingerprint density at radius 3 is 1.68 bits per heavy atom. The van der Waals surface area contributed by atoms with Crippen LogP contribution in [0.4, 0.5) is 0 Å². The molecule has 6 nitrogen and oxygen atoms in total. The van der Waals surface area contributed by atoms with Crippen LogP contribution in [-0.2, 0) is 32.3 Å². The minimum atomic E-state index is -0.316. The summed E-state index contributed by atoms with van der Waals surface area (Å²) in [4.78, 5) is 34.9. The first kappa shape index (κ1) is 20.9. The first-order chi connectivity index (χ1) is 12.0. The van der Waals surface area contributed by atoms with Crippen molar-refractivity contribution in [3.05, 3.63) is 33.9 Å². The molecule has 1 rings (SSSR count). The Balaban J connectivity index is 2.46. The molecule has 140 valence electrons. The number of carbonyl (C=O) groups is 2. The summed E-state index contributed by atoms with van der Waals surface area (Å²) in [6.07, 6.45) is 6.29. The third kappa shape index (κ3) is 9.69. The third-order valence-corrected chi connectivity index (χ3v) is 3.59. The van der Waals surface area contributed by atoms with Crippen LogP contribution in [0.3, 0.4) is 0 Å². The average Bonchev–Trinajstić information content (AvgIpc) is 2.58. The predicted octanol–water partition coefficient (Wildman–Crippen LogP) is 3.89. The molecule has 1 heterocycles. The molecule has 0 radical (unpaired) electrons. The lowest BCUT2D eigenvalue weighted by molar-refractivity contribution is -0.145. The zero-order valence-corrected chi connectivity index (χ0v) is 15.2. The van der Waals surface area contributed by atoms with Gasteiger partial charge < -0.3 is 13.9 Å². The fraction of sp³-hybridized carbons (Fsp3) is 0.632. The molecule has 0 spiro atoms. The molecule has 0 aliphatic rings. The van der Waals surface area contributed by atoms with E-state index in [-0.39, 0.29) is 42.1 Å². The molecule has 0 aliphatic carbocycles. The van der Waals surface area contributed by atoms with E-state index in [2.05, 4.69) is 13.8 Å². The number of esters is 2. The van der Waals surface area contributed by atoms with E-state index in [1.807, 2.05) is 0 Å². The Labute approximate surface area is 148 Å². The quantitative estimate of drug-likeness (QED) is 0.419. The van der Waals surface area contributed by atoms with Crippen LogP contribution >= 0.6 is 0 Å². The van der Waals surface area contributed by atoms with Crippen LogP contribution in [0, 0.1) is 0 Å². The minimum Gasteiger partial charge on any atom is -0.459 e. The van der Waals surface area contributed by atoms with Gasteiger partial charge in [0, 0.05) is 25.0 Å². The van der Waals surface area contributed by atoms with E-state index in [1.165, 1.54) is 12.1 Å². The predicted molar refractivity (Wildman–Crippen MR) is 92.9 cm³/mol. The fourth-order valence-corrected chi connectivity index (χ4v) is 2.21. The number of hydrogen-bond acceptors (Lipinski definition) is 6. The third-order valence-electron chi connectivity index (χ3n) is 3.59. The molecule has 0 aliphatic heterocycles. The van der Waals surface area contributed by atoms with E-state index in [0.29, 0.717) is 12.8 Å². The van der Waals surface area contributed by atoms with Crippen LogP contribution in [0.1, 0.15) is 76.7 Å². The zero-order chi connectivity index (χ0) is 18.5. The van der Waals surface area contributed by atoms with Gasteiger partial charge in [-0.25, -0.2) is 0 Å². The standard InChI is InChI=1S/C19H28O6/c1-3-5-7-9-18(21)23-13-16-11-15(20)12-17(25-16)14-24-19(22)10-8-6-4-2/h11-12H,3-10,13-14H2,1-2H3. The van der Waals surface area contributed by atoms with Gasteiger partial charge in [-0.05, 0) is 12.8 Å². The molecule has 0 aromatic carbocycles. The van der Waals surface area contributed by atoms with Gasteiger partial charge in [0.25, 0.3) is 0 Å². The summed E-state index contributed by atoms with van der Waals surface area (Å²) in [5.41, 5.74) is -0.277. The van der Waals surface area contributed by atoms with Gasteiger partial charge in [-0.3, -0.25) is 14.4 Å². The largest absolute Gasteiger partial charge is 0.459 e. The van der Waals surface area contributed by atoms with Crippen molar-refractivity contribution in [2.24, 2.45) is 0 Å². The summed E-state index contributed by atoms with van der Waals surface area (Å²) in [7, 11) is 0. The van der Waals surface area contributed by atoms with Crippen molar-refractivity contribution in [2.45, 2.75) is 78.4 Å². The lowest BCUT2D eigenvalue weighted by Gasteiger charge is -2.07. The summed E-state index contributed by atoms with van der Waals surface area (Å²) in [5.74, 6) is -0.144. The maximum atomic E-state index is 11.7. The van der Waals surface area contributed by atoms with E-state index < -0.39 is 0 Å². The second kappa shape index (κ2) is 12.3. The number of carbonyl (C=O) groups excluding carboxylic acids is 2. The number of unbranched alkanes of at least 4 members (excludes halogenated alkanes) is 4. The van der Waals surface area contributed by atoms with Crippen LogP contribution in [0.15, 0.2) is 21.3 Å². The van der Waals surface area contributed by atoms with E-state index in [9.17, 15) is 14.4 Å². The van der Waals surface area contributed by atoms with E-state index in [1.54, 1.807) is 0 Å². The highest BCUT2D eigenvalue weighted by atomic mass is 16.5. The van der Waals surface area contributed by atoms with Crippen LogP contribution in [0.25, 0.3) is 0 Å². The van der Waals surface area contributed by atoms with Crippen molar-refractivity contribution < 1.29 is 23.5 Å². The average molecular weight is 352 g/mol. The summed E-state index contributed by atoms with van der Waals surface area (Å²) in [5, 5.41) is 0. The van der Waals surface area contributed by atoms with Crippen molar-refractivity contribution in [1.82, 2.24) is 0 Å². The van der Waals surface area contributed by atoms with Crippen molar-refractivity contribution in [1.29, 1.82) is 0 Å². The highest BCUT2D eigenvalue weighted by Crippen LogP contribution is 2.08. The summed E-state index contributed by atoms with van der Waals surface area (Å²) in [6, 6.07) is 2.54. The SMILES string of the molecule is CCCCCC(=O)OCc1cc(=O)cc(COC(=O)CCCCC)o1. The van der Waals surface area contributed by atoms with Crippen molar-refractivity contribution in [3.8, 4) is 0 Å². The molecule has 0 atom stereocenters. The lowest BCUT2D eigenvalue weighted by atomic mass is 10.2. The zero-order valence-electron chi connectivity index (χ0n) is 15.2. The summed E-state index contributed by atoms with van der Waals surface area (Å²) >= 11 is 0.